The van der Waals surface area contributed by atoms with Gasteiger partial charge in [-0.3, -0.25) is 4.90 Å². The Morgan fingerprint density at radius 2 is 1.32 bits per heavy atom. The van der Waals surface area contributed by atoms with E-state index in [4.69, 9.17) is 28.4 Å². The number of hydrogen-bond acceptors (Lipinski definition) is 7. The van der Waals surface area contributed by atoms with Crippen molar-refractivity contribution in [1.29, 1.82) is 0 Å². The van der Waals surface area contributed by atoms with Gasteiger partial charge in [-0.25, -0.2) is 0 Å². The molecule has 7 nitrogen and oxygen atoms in total. The van der Waals surface area contributed by atoms with Crippen LogP contribution >= 0.6 is 0 Å². The number of rotatable bonds is 9. The minimum absolute atomic E-state index is 0.533. The maximum atomic E-state index is 6.14. The Morgan fingerprint density at radius 3 is 1.94 bits per heavy atom. The van der Waals surface area contributed by atoms with Crippen LogP contribution in [0.5, 0.6) is 40.2 Å². The number of benzene rings is 3. The van der Waals surface area contributed by atoms with Crippen LogP contribution in [-0.4, -0.2) is 47.0 Å². The minimum atomic E-state index is 0.533. The third-order valence-electron chi connectivity index (χ3n) is 5.98. The molecule has 1 aliphatic heterocycles. The predicted molar refractivity (Wildman–Crippen MR) is 130 cm³/mol. The molecule has 0 saturated carbocycles. The van der Waals surface area contributed by atoms with Crippen LogP contribution in [0.2, 0.25) is 0 Å². The van der Waals surface area contributed by atoms with Crippen LogP contribution in [0.4, 0.5) is 0 Å². The van der Waals surface area contributed by atoms with Crippen molar-refractivity contribution >= 4 is 0 Å². The summed E-state index contributed by atoms with van der Waals surface area (Å²) < 4.78 is 33.3. The molecule has 0 fully saturated rings. The first-order chi connectivity index (χ1) is 16.6. The van der Waals surface area contributed by atoms with Crippen molar-refractivity contribution in [3.63, 3.8) is 0 Å². The summed E-state index contributed by atoms with van der Waals surface area (Å²) in [5.74, 6) is 4.54. The molecule has 3 aromatic carbocycles. The van der Waals surface area contributed by atoms with Gasteiger partial charge < -0.3 is 28.4 Å². The molecule has 4 rings (SSSR count). The molecule has 0 spiro atoms. The lowest BCUT2D eigenvalue weighted by Crippen LogP contribution is -2.30. The molecule has 0 aromatic heterocycles. The molecular formula is C27H31NO6. The smallest absolute Gasteiger partial charge is 0.203 e. The van der Waals surface area contributed by atoms with Gasteiger partial charge in [0, 0.05) is 31.8 Å². The molecule has 0 aliphatic carbocycles. The largest absolute Gasteiger partial charge is 0.493 e. The van der Waals surface area contributed by atoms with Crippen LogP contribution in [0.3, 0.4) is 0 Å². The van der Waals surface area contributed by atoms with Gasteiger partial charge in [0.2, 0.25) is 5.75 Å². The average molecular weight is 466 g/mol. The van der Waals surface area contributed by atoms with Crippen molar-refractivity contribution in [2.45, 2.75) is 19.5 Å². The second-order valence-corrected chi connectivity index (χ2v) is 8.05. The first-order valence-electron chi connectivity index (χ1n) is 11.1. The second kappa shape index (κ2) is 10.6. The fourth-order valence-corrected chi connectivity index (χ4v) is 4.29. The Morgan fingerprint density at radius 1 is 0.676 bits per heavy atom. The SMILES string of the molecule is COc1cc2c(cc1OC)CN(Cc1cccc(Oc3cc(OC)c(OC)c(OC)c3)c1)CC2. The van der Waals surface area contributed by atoms with Gasteiger partial charge >= 0.3 is 0 Å². The lowest BCUT2D eigenvalue weighted by molar-refractivity contribution is 0.244. The van der Waals surface area contributed by atoms with E-state index in [1.54, 1.807) is 47.7 Å². The molecule has 0 atom stereocenters. The molecule has 0 saturated heterocycles. The maximum absolute atomic E-state index is 6.14. The number of methoxy groups -OCH3 is 5. The molecule has 7 heteroatoms. The van der Waals surface area contributed by atoms with Gasteiger partial charge in [-0.05, 0) is 47.4 Å². The van der Waals surface area contributed by atoms with Crippen molar-refractivity contribution in [3.05, 3.63) is 65.2 Å². The zero-order chi connectivity index (χ0) is 24.1. The highest BCUT2D eigenvalue weighted by Gasteiger charge is 2.20. The zero-order valence-corrected chi connectivity index (χ0v) is 20.3. The van der Waals surface area contributed by atoms with Crippen molar-refractivity contribution in [3.8, 4) is 40.2 Å². The average Bonchev–Trinajstić information content (AvgIpc) is 2.87. The van der Waals surface area contributed by atoms with E-state index in [-0.39, 0.29) is 0 Å². The van der Waals surface area contributed by atoms with Crippen molar-refractivity contribution in [2.75, 3.05) is 42.1 Å². The lowest BCUT2D eigenvalue weighted by atomic mass is 9.98. The molecular weight excluding hydrogens is 434 g/mol. The fraction of sp³-hybridized carbons (Fsp3) is 0.333. The van der Waals surface area contributed by atoms with Gasteiger partial charge in [0.1, 0.15) is 11.5 Å². The summed E-state index contributed by atoms with van der Waals surface area (Å²) in [6.07, 6.45) is 0.970. The third kappa shape index (κ3) is 4.99. The third-order valence-corrected chi connectivity index (χ3v) is 5.98. The summed E-state index contributed by atoms with van der Waals surface area (Å²) in [5.41, 5.74) is 3.76. The molecule has 0 radical (unpaired) electrons. The fourth-order valence-electron chi connectivity index (χ4n) is 4.29. The quantitative estimate of drug-likeness (QED) is 0.437. The van der Waals surface area contributed by atoms with Gasteiger partial charge in [0.25, 0.3) is 0 Å². The monoisotopic (exact) mass is 465 g/mol. The highest BCUT2D eigenvalue weighted by molar-refractivity contribution is 5.56. The summed E-state index contributed by atoms with van der Waals surface area (Å²) in [4.78, 5) is 2.42. The molecule has 0 unspecified atom stereocenters. The summed E-state index contributed by atoms with van der Waals surface area (Å²) in [5, 5.41) is 0. The number of ether oxygens (including phenoxy) is 6. The number of nitrogens with zero attached hydrogens (tertiary/aromatic N) is 1. The van der Waals surface area contributed by atoms with E-state index in [1.807, 2.05) is 12.1 Å². The van der Waals surface area contributed by atoms with Gasteiger partial charge in [0.05, 0.1) is 35.5 Å². The summed E-state index contributed by atoms with van der Waals surface area (Å²) in [6.45, 7) is 2.65. The topological polar surface area (TPSA) is 58.6 Å². The van der Waals surface area contributed by atoms with Crippen molar-refractivity contribution < 1.29 is 28.4 Å². The number of fused-ring (bicyclic) bond motifs is 1. The Bertz CT molecular complexity index is 1120. The molecule has 34 heavy (non-hydrogen) atoms. The van der Waals surface area contributed by atoms with Gasteiger partial charge in [-0.15, -0.1) is 0 Å². The lowest BCUT2D eigenvalue weighted by Gasteiger charge is -2.29. The van der Waals surface area contributed by atoms with E-state index in [1.165, 1.54) is 16.7 Å². The Labute approximate surface area is 200 Å². The summed E-state index contributed by atoms with van der Waals surface area (Å²) in [7, 11) is 8.10. The summed E-state index contributed by atoms with van der Waals surface area (Å²) >= 11 is 0. The minimum Gasteiger partial charge on any atom is -0.493 e. The first kappa shape index (κ1) is 23.6. The second-order valence-electron chi connectivity index (χ2n) is 8.05. The normalized spacial score (nSPS) is 13.1. The van der Waals surface area contributed by atoms with Crippen molar-refractivity contribution in [1.82, 2.24) is 4.90 Å². The predicted octanol–water partition coefficient (Wildman–Crippen LogP) is 5.08. The molecule has 0 N–H and O–H groups in total. The zero-order valence-electron chi connectivity index (χ0n) is 20.3. The summed E-state index contributed by atoms with van der Waals surface area (Å²) in [6, 6.07) is 15.9. The van der Waals surface area contributed by atoms with Gasteiger partial charge in [-0.1, -0.05) is 12.1 Å². The highest BCUT2D eigenvalue weighted by Crippen LogP contribution is 2.42. The molecule has 0 amide bonds. The van der Waals surface area contributed by atoms with E-state index in [9.17, 15) is 0 Å². The standard InChI is InChI=1S/C27H31NO6/c1-29-23-12-19-9-10-28(17-20(19)13-24(23)30-2)16-18-7-6-8-21(11-18)34-22-14-25(31-3)27(33-5)26(15-22)32-4/h6-8,11-15H,9-10,16-17H2,1-5H3. The Kier molecular flexibility index (Phi) is 7.33. The maximum Gasteiger partial charge on any atom is 0.203 e. The van der Waals surface area contributed by atoms with Crippen LogP contribution in [0, 0.1) is 0 Å². The molecule has 1 aliphatic rings. The molecule has 1 heterocycles. The van der Waals surface area contributed by atoms with E-state index in [0.717, 1.165) is 43.3 Å². The van der Waals surface area contributed by atoms with Crippen LogP contribution in [0.1, 0.15) is 16.7 Å². The van der Waals surface area contributed by atoms with Crippen LogP contribution in [-0.2, 0) is 19.5 Å². The van der Waals surface area contributed by atoms with Crippen LogP contribution in [0.15, 0.2) is 48.5 Å². The molecule has 3 aromatic rings. The van der Waals surface area contributed by atoms with Gasteiger partial charge in [-0.2, -0.15) is 0 Å². The van der Waals surface area contributed by atoms with Crippen LogP contribution in [0.25, 0.3) is 0 Å². The molecule has 0 bridgehead atoms. The highest BCUT2D eigenvalue weighted by atomic mass is 16.5. The van der Waals surface area contributed by atoms with E-state index in [2.05, 4.69) is 29.2 Å². The van der Waals surface area contributed by atoms with Gasteiger partial charge in [0.15, 0.2) is 23.0 Å². The van der Waals surface area contributed by atoms with E-state index < -0.39 is 0 Å². The first-order valence-corrected chi connectivity index (χ1v) is 11.1. The number of hydrogen-bond donors (Lipinski definition) is 0. The Hall–Kier alpha value is -3.58. The van der Waals surface area contributed by atoms with E-state index >= 15 is 0 Å². The van der Waals surface area contributed by atoms with E-state index in [0.29, 0.717) is 23.0 Å². The van der Waals surface area contributed by atoms with Crippen LogP contribution < -0.4 is 28.4 Å². The Balaban J connectivity index is 1.49. The molecule has 180 valence electrons. The van der Waals surface area contributed by atoms with Crippen molar-refractivity contribution in [2.24, 2.45) is 0 Å².